The Kier molecular flexibility index (Phi) is 13.3. The number of amides is 3. The molecule has 2 N–H and O–H groups in total. The maximum Gasteiger partial charge on any atom is 0.318 e. The molecule has 0 aromatic heterocycles. The minimum absolute atomic E-state index is 0.00729. The molecule has 0 fully saturated rings. The summed E-state index contributed by atoms with van der Waals surface area (Å²) in [6, 6.07) is 13.8. The molecule has 1 unspecified atom stereocenters. The summed E-state index contributed by atoms with van der Waals surface area (Å²) in [5.41, 5.74) is 0.890. The summed E-state index contributed by atoms with van der Waals surface area (Å²) in [7, 11) is 0. The van der Waals surface area contributed by atoms with Crippen molar-refractivity contribution in [1.82, 2.24) is 15.5 Å². The quantitative estimate of drug-likeness (QED) is 0.192. The van der Waals surface area contributed by atoms with Crippen LogP contribution < -0.4 is 10.6 Å². The lowest BCUT2D eigenvalue weighted by Crippen LogP contribution is -2.53. The van der Waals surface area contributed by atoms with E-state index in [1.165, 1.54) is 31.2 Å². The van der Waals surface area contributed by atoms with E-state index in [0.29, 0.717) is 24.3 Å². The molecule has 12 heteroatoms. The zero-order chi connectivity index (χ0) is 30.4. The van der Waals surface area contributed by atoms with Crippen molar-refractivity contribution in [3.8, 4) is 0 Å². The van der Waals surface area contributed by atoms with Crippen molar-refractivity contribution >= 4 is 40.5 Å². The van der Waals surface area contributed by atoms with E-state index in [1.807, 2.05) is 30.3 Å². The number of nitrogens with one attached hydrogen (secondary N) is 2. The first-order valence-corrected chi connectivity index (χ1v) is 14.3. The number of carbonyl (C=O) groups excluding carboxylic acids is 4. The lowest BCUT2D eigenvalue weighted by molar-refractivity contribution is -0.384. The highest BCUT2D eigenvalue weighted by molar-refractivity contribution is 8.13. The second-order valence-corrected chi connectivity index (χ2v) is 11.6. The molecule has 0 bridgehead atoms. The van der Waals surface area contributed by atoms with E-state index in [1.54, 1.807) is 25.7 Å². The second kappa shape index (κ2) is 16.4. The van der Waals surface area contributed by atoms with E-state index >= 15 is 0 Å². The van der Waals surface area contributed by atoms with Crippen molar-refractivity contribution < 1.29 is 28.8 Å². The van der Waals surface area contributed by atoms with Gasteiger partial charge in [0.05, 0.1) is 11.3 Å². The Bertz CT molecular complexity index is 1180. The van der Waals surface area contributed by atoms with Gasteiger partial charge < -0.3 is 20.3 Å². The van der Waals surface area contributed by atoms with Gasteiger partial charge in [-0.05, 0) is 38.3 Å². The average Bonchev–Trinajstić information content (AvgIpc) is 2.89. The zero-order valence-electron chi connectivity index (χ0n) is 23.9. The molecule has 0 heterocycles. The second-order valence-electron chi connectivity index (χ2n) is 10.3. The number of hydrogen-bond acceptors (Lipinski definition) is 8. The number of esters is 1. The van der Waals surface area contributed by atoms with Gasteiger partial charge >= 0.3 is 12.0 Å². The molecule has 2 aromatic carbocycles. The van der Waals surface area contributed by atoms with Gasteiger partial charge in [-0.25, -0.2) is 4.79 Å². The smallest absolute Gasteiger partial charge is 0.318 e. The van der Waals surface area contributed by atoms with Crippen LogP contribution in [0.2, 0.25) is 0 Å². The van der Waals surface area contributed by atoms with Gasteiger partial charge in [-0.3, -0.25) is 24.5 Å². The number of hydrogen-bond donors (Lipinski definition) is 2. The number of rotatable bonds is 14. The predicted octanol–water partition coefficient (Wildman–Crippen LogP) is 3.89. The molecule has 2 rings (SSSR count). The van der Waals surface area contributed by atoms with Gasteiger partial charge in [0.15, 0.2) is 5.12 Å². The number of carbonyl (C=O) groups is 4. The maximum atomic E-state index is 13.4. The maximum absolute atomic E-state index is 13.4. The first-order valence-electron chi connectivity index (χ1n) is 13.3. The van der Waals surface area contributed by atoms with Crippen molar-refractivity contribution in [3.05, 3.63) is 75.8 Å². The van der Waals surface area contributed by atoms with Gasteiger partial charge in [0.1, 0.15) is 11.6 Å². The summed E-state index contributed by atoms with van der Waals surface area (Å²) < 4.78 is 5.27. The van der Waals surface area contributed by atoms with Crippen LogP contribution in [-0.2, 0) is 32.0 Å². The highest BCUT2D eigenvalue weighted by Crippen LogP contribution is 2.14. The van der Waals surface area contributed by atoms with Crippen molar-refractivity contribution in [2.45, 2.75) is 58.6 Å². The summed E-state index contributed by atoms with van der Waals surface area (Å²) >= 11 is 1.11. The third-order valence-electron chi connectivity index (χ3n) is 5.72. The van der Waals surface area contributed by atoms with Gasteiger partial charge in [0, 0.05) is 50.9 Å². The molecule has 0 saturated heterocycles. The van der Waals surface area contributed by atoms with Gasteiger partial charge in [-0.2, -0.15) is 0 Å². The molecule has 41 heavy (non-hydrogen) atoms. The van der Waals surface area contributed by atoms with Gasteiger partial charge in [-0.1, -0.05) is 54.2 Å². The van der Waals surface area contributed by atoms with Crippen molar-refractivity contribution in [2.75, 3.05) is 25.4 Å². The van der Waals surface area contributed by atoms with Crippen molar-refractivity contribution in [3.63, 3.8) is 0 Å². The predicted molar refractivity (Wildman–Crippen MR) is 157 cm³/mol. The molecule has 222 valence electrons. The Hall–Kier alpha value is -3.93. The fraction of sp³-hybridized carbons (Fsp3) is 0.448. The molecule has 0 aliphatic heterocycles. The molecular weight excluding hydrogens is 548 g/mol. The average molecular weight is 587 g/mol. The van der Waals surface area contributed by atoms with Gasteiger partial charge in [0.2, 0.25) is 5.91 Å². The molecule has 0 saturated carbocycles. The zero-order valence-corrected chi connectivity index (χ0v) is 24.7. The SMILES string of the molecule is CC(=O)SCCN(CCc1ccccc1)C(=O)NC(Cc1ccc([N+](=O)[O-])cc1)C(=O)NCCC(=O)OC(C)(C)C. The van der Waals surface area contributed by atoms with E-state index in [4.69, 9.17) is 4.74 Å². The number of nitro benzene ring substituents is 1. The summed E-state index contributed by atoms with van der Waals surface area (Å²) in [5.74, 6) is -0.586. The van der Waals surface area contributed by atoms with Crippen LogP contribution in [0.15, 0.2) is 54.6 Å². The third-order valence-corrected chi connectivity index (χ3v) is 6.51. The van der Waals surface area contributed by atoms with Crippen molar-refractivity contribution in [2.24, 2.45) is 0 Å². The van der Waals surface area contributed by atoms with E-state index < -0.39 is 34.5 Å². The minimum Gasteiger partial charge on any atom is -0.460 e. The largest absolute Gasteiger partial charge is 0.460 e. The Balaban J connectivity index is 2.15. The molecule has 3 amide bonds. The molecule has 11 nitrogen and oxygen atoms in total. The van der Waals surface area contributed by atoms with Gasteiger partial charge in [-0.15, -0.1) is 0 Å². The van der Waals surface area contributed by atoms with E-state index in [0.717, 1.165) is 17.3 Å². The fourth-order valence-electron chi connectivity index (χ4n) is 3.77. The number of nitro groups is 1. The molecule has 0 aliphatic rings. The lowest BCUT2D eigenvalue weighted by Gasteiger charge is -2.26. The summed E-state index contributed by atoms with van der Waals surface area (Å²) in [4.78, 5) is 62.2. The molecule has 0 radical (unpaired) electrons. The number of benzene rings is 2. The highest BCUT2D eigenvalue weighted by Gasteiger charge is 2.25. The van der Waals surface area contributed by atoms with Crippen molar-refractivity contribution in [1.29, 1.82) is 0 Å². The summed E-state index contributed by atoms with van der Waals surface area (Å²) in [6.45, 7) is 7.35. The van der Waals surface area contributed by atoms with Crippen LogP contribution in [0, 0.1) is 10.1 Å². The topological polar surface area (TPSA) is 148 Å². The first-order chi connectivity index (χ1) is 19.3. The fourth-order valence-corrected chi connectivity index (χ4v) is 4.36. The van der Waals surface area contributed by atoms with Crippen LogP contribution in [0.3, 0.4) is 0 Å². The molecule has 0 aliphatic carbocycles. The highest BCUT2D eigenvalue weighted by atomic mass is 32.2. The summed E-state index contributed by atoms with van der Waals surface area (Å²) in [5, 5.41) is 16.4. The van der Waals surface area contributed by atoms with Crippen LogP contribution >= 0.6 is 11.8 Å². The van der Waals surface area contributed by atoms with Crippen LogP contribution in [0.25, 0.3) is 0 Å². The minimum atomic E-state index is -1.03. The van der Waals surface area contributed by atoms with E-state index in [-0.39, 0.29) is 36.7 Å². The van der Waals surface area contributed by atoms with Gasteiger partial charge in [0.25, 0.3) is 5.69 Å². The number of thioether (sulfide) groups is 1. The Morgan fingerprint density at radius 2 is 1.66 bits per heavy atom. The standard InChI is InChI=1S/C29H38N4O7S/c1-21(34)41-19-18-32(17-15-22-8-6-5-7-9-22)28(37)31-25(20-23-10-12-24(13-11-23)33(38)39)27(36)30-16-14-26(35)40-29(2,3)4/h5-13,25H,14-20H2,1-4H3,(H,30,36)(H,31,37). The first kappa shape index (κ1) is 33.3. The van der Waals surface area contributed by atoms with E-state index in [2.05, 4.69) is 10.6 Å². The Morgan fingerprint density at radius 1 is 1.00 bits per heavy atom. The van der Waals surface area contributed by atoms with Crippen LogP contribution in [0.1, 0.15) is 45.2 Å². The van der Waals surface area contributed by atoms with Crippen LogP contribution in [-0.4, -0.2) is 69.9 Å². The van der Waals surface area contributed by atoms with Crippen LogP contribution in [0.4, 0.5) is 10.5 Å². The number of urea groups is 1. The lowest BCUT2D eigenvalue weighted by atomic mass is 10.0. The van der Waals surface area contributed by atoms with Crippen LogP contribution in [0.5, 0.6) is 0 Å². The Morgan fingerprint density at radius 3 is 2.24 bits per heavy atom. The summed E-state index contributed by atoms with van der Waals surface area (Å²) in [6.07, 6.45) is 0.595. The number of nitrogens with zero attached hydrogens (tertiary/aromatic N) is 2. The normalized spacial score (nSPS) is 11.7. The molecule has 1 atom stereocenters. The molecule has 0 spiro atoms. The number of non-ortho nitro benzene ring substituents is 1. The monoisotopic (exact) mass is 586 g/mol. The third kappa shape index (κ3) is 13.3. The molecule has 2 aromatic rings. The van der Waals surface area contributed by atoms with E-state index in [9.17, 15) is 29.3 Å². The Labute approximate surface area is 244 Å². The molecular formula is C29H38N4O7S. The number of ether oxygens (including phenoxy) is 1.